The SMILES string of the molecule is Cc1cc(C)c2cc(CN(CCO)C(c3nnnn3CC3CCCO3)C(C)C)c(=O)[nH]c2c1. The number of aliphatic hydroxyl groups excluding tert-OH is 1. The predicted molar refractivity (Wildman–Crippen MR) is 126 cm³/mol. The molecule has 1 saturated heterocycles. The molecule has 1 aliphatic rings. The van der Waals surface area contributed by atoms with Gasteiger partial charge in [0.05, 0.1) is 25.3 Å². The lowest BCUT2D eigenvalue weighted by atomic mass is 9.99. The van der Waals surface area contributed by atoms with Crippen molar-refractivity contribution in [1.82, 2.24) is 30.1 Å². The van der Waals surface area contributed by atoms with Crippen LogP contribution in [-0.2, 0) is 17.8 Å². The van der Waals surface area contributed by atoms with E-state index in [1.807, 2.05) is 23.7 Å². The number of aliphatic hydroxyl groups is 1. The third kappa shape index (κ3) is 5.15. The fourth-order valence-electron chi connectivity index (χ4n) is 4.92. The zero-order chi connectivity index (χ0) is 23.5. The number of hydrogen-bond acceptors (Lipinski definition) is 7. The first-order chi connectivity index (χ1) is 15.9. The van der Waals surface area contributed by atoms with Crippen molar-refractivity contribution in [2.75, 3.05) is 19.8 Å². The van der Waals surface area contributed by atoms with Crippen LogP contribution in [0.5, 0.6) is 0 Å². The number of nitrogens with zero attached hydrogens (tertiary/aromatic N) is 5. The lowest BCUT2D eigenvalue weighted by molar-refractivity contribution is 0.0819. The van der Waals surface area contributed by atoms with Gasteiger partial charge in [0, 0.05) is 36.2 Å². The number of benzene rings is 1. The Kier molecular flexibility index (Phi) is 7.21. The fraction of sp³-hybridized carbons (Fsp3) is 0.583. The van der Waals surface area contributed by atoms with Crippen molar-refractivity contribution < 1.29 is 9.84 Å². The van der Waals surface area contributed by atoms with Crippen molar-refractivity contribution in [3.05, 3.63) is 51.1 Å². The smallest absolute Gasteiger partial charge is 0.252 e. The summed E-state index contributed by atoms with van der Waals surface area (Å²) in [6, 6.07) is 5.92. The Balaban J connectivity index is 1.68. The molecule has 1 aliphatic heterocycles. The Hall–Kier alpha value is -2.62. The summed E-state index contributed by atoms with van der Waals surface area (Å²) in [5.41, 5.74) is 3.62. The molecular formula is C24H34N6O3. The summed E-state index contributed by atoms with van der Waals surface area (Å²) in [6.45, 7) is 10.4. The zero-order valence-electron chi connectivity index (χ0n) is 19.9. The van der Waals surface area contributed by atoms with Crippen LogP contribution in [0.2, 0.25) is 0 Å². The maximum absolute atomic E-state index is 13.0. The van der Waals surface area contributed by atoms with Gasteiger partial charge in [-0.1, -0.05) is 19.9 Å². The minimum Gasteiger partial charge on any atom is -0.395 e. The lowest BCUT2D eigenvalue weighted by Crippen LogP contribution is -2.37. The number of aryl methyl sites for hydroxylation is 2. The van der Waals surface area contributed by atoms with E-state index in [1.165, 1.54) is 0 Å². The number of tetrazole rings is 1. The molecule has 1 fully saturated rings. The summed E-state index contributed by atoms with van der Waals surface area (Å²) in [5, 5.41) is 23.4. The number of aromatic nitrogens is 5. The van der Waals surface area contributed by atoms with Gasteiger partial charge >= 0.3 is 0 Å². The number of aromatic amines is 1. The molecule has 0 aliphatic carbocycles. The van der Waals surface area contributed by atoms with E-state index in [0.29, 0.717) is 25.2 Å². The molecule has 9 nitrogen and oxygen atoms in total. The van der Waals surface area contributed by atoms with Crippen LogP contribution in [-0.4, -0.2) is 61.1 Å². The molecule has 0 amide bonds. The largest absolute Gasteiger partial charge is 0.395 e. The molecule has 4 rings (SSSR count). The number of hydrogen-bond donors (Lipinski definition) is 2. The molecule has 33 heavy (non-hydrogen) atoms. The van der Waals surface area contributed by atoms with E-state index in [1.54, 1.807) is 0 Å². The summed E-state index contributed by atoms with van der Waals surface area (Å²) < 4.78 is 7.61. The summed E-state index contributed by atoms with van der Waals surface area (Å²) in [7, 11) is 0. The Morgan fingerprint density at radius 1 is 1.30 bits per heavy atom. The van der Waals surface area contributed by atoms with Crippen LogP contribution in [0.25, 0.3) is 10.9 Å². The van der Waals surface area contributed by atoms with Crippen LogP contribution in [0.3, 0.4) is 0 Å². The molecule has 0 spiro atoms. The monoisotopic (exact) mass is 454 g/mol. The molecule has 0 bridgehead atoms. The third-order valence-electron chi connectivity index (χ3n) is 6.40. The van der Waals surface area contributed by atoms with Gasteiger partial charge in [0.15, 0.2) is 5.82 Å². The van der Waals surface area contributed by atoms with E-state index < -0.39 is 0 Å². The van der Waals surface area contributed by atoms with Crippen molar-refractivity contribution in [2.24, 2.45) is 5.92 Å². The lowest BCUT2D eigenvalue weighted by Gasteiger charge is -2.33. The van der Waals surface area contributed by atoms with Crippen molar-refractivity contribution in [3.63, 3.8) is 0 Å². The number of pyridine rings is 1. The molecule has 9 heteroatoms. The Bertz CT molecular complexity index is 1150. The molecule has 2 atom stereocenters. The molecule has 1 aromatic carbocycles. The Labute approximate surface area is 193 Å². The molecule has 178 valence electrons. The number of rotatable bonds is 9. The molecule has 2 aromatic heterocycles. The van der Waals surface area contributed by atoms with Gasteiger partial charge in [-0.2, -0.15) is 0 Å². The van der Waals surface area contributed by atoms with Gasteiger partial charge < -0.3 is 14.8 Å². The molecule has 2 N–H and O–H groups in total. The highest BCUT2D eigenvalue weighted by Crippen LogP contribution is 2.29. The molecule has 3 heterocycles. The van der Waals surface area contributed by atoms with Crippen LogP contribution in [0, 0.1) is 19.8 Å². The van der Waals surface area contributed by atoms with E-state index in [2.05, 4.69) is 52.2 Å². The Morgan fingerprint density at radius 3 is 2.82 bits per heavy atom. The maximum atomic E-state index is 13.0. The number of nitrogens with one attached hydrogen (secondary N) is 1. The maximum Gasteiger partial charge on any atom is 0.252 e. The average Bonchev–Trinajstić information content (AvgIpc) is 3.42. The highest BCUT2D eigenvalue weighted by molar-refractivity contribution is 5.83. The first-order valence-corrected chi connectivity index (χ1v) is 11.7. The van der Waals surface area contributed by atoms with Gasteiger partial charge in [-0.15, -0.1) is 5.10 Å². The van der Waals surface area contributed by atoms with Gasteiger partial charge in [0.25, 0.3) is 5.56 Å². The second-order valence-electron chi connectivity index (χ2n) is 9.40. The van der Waals surface area contributed by atoms with Crippen molar-refractivity contribution >= 4 is 10.9 Å². The van der Waals surface area contributed by atoms with Gasteiger partial charge in [-0.05, 0) is 66.3 Å². The van der Waals surface area contributed by atoms with Crippen LogP contribution >= 0.6 is 0 Å². The third-order valence-corrected chi connectivity index (χ3v) is 6.40. The Morgan fingerprint density at radius 2 is 2.12 bits per heavy atom. The number of fused-ring (bicyclic) bond motifs is 1. The topological polar surface area (TPSA) is 109 Å². The standard InChI is InChI=1S/C24H34N6O3/c1-15(2)22(23-26-27-28-30(23)14-19-6-5-9-33-19)29(7-8-31)13-18-12-20-17(4)10-16(3)11-21(20)25-24(18)32/h10-12,15,19,22,31H,5-9,13-14H2,1-4H3,(H,25,32). The van der Waals surface area contributed by atoms with Crippen LogP contribution < -0.4 is 5.56 Å². The van der Waals surface area contributed by atoms with Gasteiger partial charge in [-0.3, -0.25) is 9.69 Å². The van der Waals surface area contributed by atoms with Crippen LogP contribution in [0.15, 0.2) is 23.0 Å². The molecular weight excluding hydrogens is 420 g/mol. The molecule has 0 saturated carbocycles. The van der Waals surface area contributed by atoms with E-state index in [9.17, 15) is 9.90 Å². The summed E-state index contributed by atoms with van der Waals surface area (Å²) in [5.74, 6) is 0.896. The van der Waals surface area contributed by atoms with E-state index >= 15 is 0 Å². The highest BCUT2D eigenvalue weighted by Gasteiger charge is 2.31. The highest BCUT2D eigenvalue weighted by atomic mass is 16.5. The minimum absolute atomic E-state index is 0.0275. The normalized spacial score (nSPS) is 17.5. The first kappa shape index (κ1) is 23.5. The van der Waals surface area contributed by atoms with Gasteiger partial charge in [0.2, 0.25) is 0 Å². The quantitative estimate of drug-likeness (QED) is 0.511. The average molecular weight is 455 g/mol. The van der Waals surface area contributed by atoms with E-state index in [0.717, 1.165) is 47.3 Å². The predicted octanol–water partition coefficient (Wildman–Crippen LogP) is 2.50. The number of ether oxygens (including phenoxy) is 1. The van der Waals surface area contributed by atoms with Gasteiger partial charge in [0.1, 0.15) is 0 Å². The summed E-state index contributed by atoms with van der Waals surface area (Å²) >= 11 is 0. The van der Waals surface area contributed by atoms with Crippen LogP contribution in [0.4, 0.5) is 0 Å². The fourth-order valence-corrected chi connectivity index (χ4v) is 4.92. The van der Waals surface area contributed by atoms with Crippen molar-refractivity contribution in [2.45, 2.75) is 65.8 Å². The zero-order valence-corrected chi connectivity index (χ0v) is 19.9. The van der Waals surface area contributed by atoms with E-state index in [-0.39, 0.29) is 30.2 Å². The molecule has 2 unspecified atom stereocenters. The van der Waals surface area contributed by atoms with Crippen LogP contribution in [0.1, 0.15) is 55.2 Å². The first-order valence-electron chi connectivity index (χ1n) is 11.7. The van der Waals surface area contributed by atoms with Crippen molar-refractivity contribution in [3.8, 4) is 0 Å². The second-order valence-corrected chi connectivity index (χ2v) is 9.40. The van der Waals surface area contributed by atoms with Gasteiger partial charge in [-0.25, -0.2) is 4.68 Å². The number of H-pyrrole nitrogens is 1. The molecule has 0 radical (unpaired) electrons. The summed E-state index contributed by atoms with van der Waals surface area (Å²) in [4.78, 5) is 18.1. The van der Waals surface area contributed by atoms with E-state index in [4.69, 9.17) is 4.74 Å². The van der Waals surface area contributed by atoms with Crippen molar-refractivity contribution in [1.29, 1.82) is 0 Å². The second kappa shape index (κ2) is 10.1. The summed E-state index contributed by atoms with van der Waals surface area (Å²) in [6.07, 6.45) is 2.16. The minimum atomic E-state index is -0.164. The molecule has 3 aromatic rings.